The second-order valence-corrected chi connectivity index (χ2v) is 12.2. The first-order valence-electron chi connectivity index (χ1n) is 13.9. The Morgan fingerprint density at radius 1 is 0.571 bits per heavy atom. The summed E-state index contributed by atoms with van der Waals surface area (Å²) in [5.41, 5.74) is -3.30. The SMILES string of the molecule is COc1cc(OC)c2c(c1)C(=O)C13C4CC5C1CC(C(=O)C3C2=O)C51C(=O)c2cc(OC)cc(OC)c2C(=O)C1C4=O. The number of benzene rings is 2. The molecule has 4 saturated carbocycles. The van der Waals surface area contributed by atoms with Gasteiger partial charge >= 0.3 is 0 Å². The highest BCUT2D eigenvalue weighted by Crippen LogP contribution is 2.80. The molecule has 0 amide bonds. The molecule has 214 valence electrons. The highest BCUT2D eigenvalue weighted by atomic mass is 16.5. The summed E-state index contributed by atoms with van der Waals surface area (Å²) >= 11 is 0. The van der Waals surface area contributed by atoms with Gasteiger partial charge in [-0.05, 0) is 36.8 Å². The third kappa shape index (κ3) is 2.33. The van der Waals surface area contributed by atoms with Crippen LogP contribution in [-0.2, 0) is 9.59 Å². The van der Waals surface area contributed by atoms with Crippen LogP contribution in [0.5, 0.6) is 23.0 Å². The Morgan fingerprint density at radius 3 is 1.29 bits per heavy atom. The van der Waals surface area contributed by atoms with E-state index in [0.717, 1.165) is 0 Å². The second-order valence-electron chi connectivity index (χ2n) is 12.2. The highest BCUT2D eigenvalue weighted by molar-refractivity contribution is 6.33. The molecule has 2 spiro atoms. The van der Waals surface area contributed by atoms with Crippen LogP contribution < -0.4 is 18.9 Å². The lowest BCUT2D eigenvalue weighted by atomic mass is 9.42. The van der Waals surface area contributed by atoms with Crippen molar-refractivity contribution in [2.24, 2.45) is 46.3 Å². The van der Waals surface area contributed by atoms with E-state index in [9.17, 15) is 28.8 Å². The Morgan fingerprint density at radius 2 is 0.952 bits per heavy atom. The molecule has 0 N–H and O–H groups in total. The highest BCUT2D eigenvalue weighted by Gasteiger charge is 2.87. The zero-order chi connectivity index (χ0) is 29.6. The first-order valence-corrected chi connectivity index (χ1v) is 13.9. The van der Waals surface area contributed by atoms with Crippen LogP contribution in [0.2, 0.25) is 0 Å². The van der Waals surface area contributed by atoms with Gasteiger partial charge in [0.05, 0.1) is 62.2 Å². The summed E-state index contributed by atoms with van der Waals surface area (Å²) in [6.45, 7) is 0. The molecule has 2 aromatic rings. The summed E-state index contributed by atoms with van der Waals surface area (Å²) in [5.74, 6) is -8.69. The van der Waals surface area contributed by atoms with Gasteiger partial charge in [-0.1, -0.05) is 0 Å². The van der Waals surface area contributed by atoms with Crippen LogP contribution in [0.4, 0.5) is 0 Å². The smallest absolute Gasteiger partial charge is 0.178 e. The first-order chi connectivity index (χ1) is 20.1. The molecule has 0 saturated heterocycles. The van der Waals surface area contributed by atoms with E-state index in [1.165, 1.54) is 52.7 Å². The number of ketones is 6. The van der Waals surface area contributed by atoms with Gasteiger partial charge in [0.25, 0.3) is 0 Å². The maximum Gasteiger partial charge on any atom is 0.178 e. The van der Waals surface area contributed by atoms with Crippen molar-refractivity contribution in [3.63, 3.8) is 0 Å². The molecule has 10 nitrogen and oxygen atoms in total. The van der Waals surface area contributed by atoms with Gasteiger partial charge in [-0.2, -0.15) is 0 Å². The van der Waals surface area contributed by atoms with E-state index in [4.69, 9.17) is 18.9 Å². The molecule has 6 aliphatic carbocycles. The molecule has 8 atom stereocenters. The fourth-order valence-electron chi connectivity index (χ4n) is 10.2. The Kier molecular flexibility index (Phi) is 4.67. The number of Topliss-reactive ketones (excluding diaryl/α,β-unsaturated/α-hetero) is 6. The minimum atomic E-state index is -1.67. The minimum Gasteiger partial charge on any atom is -0.497 e. The van der Waals surface area contributed by atoms with Gasteiger partial charge in [0.2, 0.25) is 0 Å². The number of ether oxygens (including phenoxy) is 4. The van der Waals surface area contributed by atoms with Crippen molar-refractivity contribution in [3.8, 4) is 23.0 Å². The number of carbonyl (C=O) groups is 6. The van der Waals surface area contributed by atoms with Gasteiger partial charge in [-0.25, -0.2) is 0 Å². The average Bonchev–Trinajstić information content (AvgIpc) is 3.48. The summed E-state index contributed by atoms with van der Waals surface area (Å²) in [5, 5.41) is 0. The quantitative estimate of drug-likeness (QED) is 0.504. The van der Waals surface area contributed by atoms with Crippen molar-refractivity contribution in [2.75, 3.05) is 28.4 Å². The van der Waals surface area contributed by atoms with E-state index >= 15 is 0 Å². The molecule has 6 aliphatic rings. The van der Waals surface area contributed by atoms with Crippen LogP contribution in [0.25, 0.3) is 0 Å². The van der Waals surface area contributed by atoms with Gasteiger partial charge in [0.1, 0.15) is 34.6 Å². The predicted molar refractivity (Wildman–Crippen MR) is 141 cm³/mol. The molecule has 0 aliphatic heterocycles. The van der Waals surface area contributed by atoms with Crippen molar-refractivity contribution in [3.05, 3.63) is 46.5 Å². The van der Waals surface area contributed by atoms with Gasteiger partial charge < -0.3 is 18.9 Å². The Balaban J connectivity index is 1.42. The standard InChI is InChI=1S/C32H26O10/c1-39-11-5-13-21(19(7-11)41-3)27(35)23-26(34)18-9-15-16-10-17(31(15,23)29(13)37)25(33)24-28(36)22-14(30(38)32(16,18)24)6-12(40-2)8-20(22)42-4/h5-8,15-18,23-24H,9-10H2,1-4H3. The molecular weight excluding hydrogens is 544 g/mol. The summed E-state index contributed by atoms with van der Waals surface area (Å²) in [7, 11) is 5.55. The summed E-state index contributed by atoms with van der Waals surface area (Å²) in [6.07, 6.45) is 0.316. The van der Waals surface area contributed by atoms with Crippen LogP contribution in [0.1, 0.15) is 54.3 Å². The van der Waals surface area contributed by atoms with Crippen molar-refractivity contribution in [1.29, 1.82) is 0 Å². The second kappa shape index (κ2) is 7.73. The number of fused-ring (bicyclic) bond motifs is 4. The van der Waals surface area contributed by atoms with Gasteiger partial charge in [0, 0.05) is 35.1 Å². The number of methoxy groups -OCH3 is 4. The molecule has 8 unspecified atom stereocenters. The lowest BCUT2D eigenvalue weighted by molar-refractivity contribution is -0.149. The van der Waals surface area contributed by atoms with Gasteiger partial charge in [-0.3, -0.25) is 28.8 Å². The topological polar surface area (TPSA) is 139 Å². The van der Waals surface area contributed by atoms with Crippen molar-refractivity contribution < 1.29 is 47.7 Å². The zero-order valence-electron chi connectivity index (χ0n) is 23.3. The van der Waals surface area contributed by atoms with Crippen LogP contribution in [0.15, 0.2) is 24.3 Å². The van der Waals surface area contributed by atoms with Gasteiger partial charge in [-0.15, -0.1) is 0 Å². The molecular formula is C32H26O10. The van der Waals surface area contributed by atoms with Crippen LogP contribution in [0.3, 0.4) is 0 Å². The number of rotatable bonds is 4. The van der Waals surface area contributed by atoms with E-state index in [1.807, 2.05) is 0 Å². The monoisotopic (exact) mass is 570 g/mol. The molecule has 42 heavy (non-hydrogen) atoms. The number of carbonyl (C=O) groups excluding carboxylic acids is 6. The molecule has 4 bridgehead atoms. The van der Waals surface area contributed by atoms with E-state index in [2.05, 4.69) is 0 Å². The van der Waals surface area contributed by atoms with Crippen molar-refractivity contribution >= 4 is 34.7 Å². The maximum absolute atomic E-state index is 14.8. The fourth-order valence-corrected chi connectivity index (χ4v) is 10.2. The molecule has 4 fully saturated rings. The van der Waals surface area contributed by atoms with Crippen LogP contribution in [0, 0.1) is 46.3 Å². The summed E-state index contributed by atoms with van der Waals surface area (Å²) in [4.78, 5) is 87.4. The maximum atomic E-state index is 14.8. The van der Waals surface area contributed by atoms with E-state index < -0.39 is 81.0 Å². The zero-order valence-corrected chi connectivity index (χ0v) is 23.3. The molecule has 2 aromatic carbocycles. The van der Waals surface area contributed by atoms with E-state index in [1.54, 1.807) is 0 Å². The number of hydrogen-bond acceptors (Lipinski definition) is 10. The first kappa shape index (κ1) is 25.4. The molecule has 0 aromatic heterocycles. The third-order valence-electron chi connectivity index (χ3n) is 11.4. The van der Waals surface area contributed by atoms with E-state index in [0.29, 0.717) is 0 Å². The molecule has 10 heteroatoms. The normalized spacial score (nSPS) is 36.4. The lowest BCUT2D eigenvalue weighted by Gasteiger charge is -2.55. The summed E-state index contributed by atoms with van der Waals surface area (Å²) in [6, 6.07) is 5.86. The summed E-state index contributed by atoms with van der Waals surface area (Å²) < 4.78 is 21.7. The Bertz CT molecular complexity index is 1630. The molecule has 0 radical (unpaired) electrons. The largest absolute Gasteiger partial charge is 0.497 e. The van der Waals surface area contributed by atoms with Crippen LogP contribution >= 0.6 is 0 Å². The lowest BCUT2D eigenvalue weighted by Crippen LogP contribution is -2.67. The van der Waals surface area contributed by atoms with E-state index in [-0.39, 0.29) is 58.1 Å². The average molecular weight is 571 g/mol. The third-order valence-corrected chi connectivity index (χ3v) is 11.4. The predicted octanol–water partition coefficient (Wildman–Crippen LogP) is 2.82. The fraction of sp³-hybridized carbons (Fsp3) is 0.438. The van der Waals surface area contributed by atoms with Gasteiger partial charge in [0.15, 0.2) is 23.1 Å². The molecule has 0 heterocycles. The molecule has 8 rings (SSSR count). The van der Waals surface area contributed by atoms with Crippen LogP contribution in [-0.4, -0.2) is 63.1 Å². The minimum absolute atomic E-state index is 0.0136. The Hall–Kier alpha value is -4.34. The Labute approximate surface area is 239 Å². The van der Waals surface area contributed by atoms with Crippen molar-refractivity contribution in [1.82, 2.24) is 0 Å². The van der Waals surface area contributed by atoms with Crippen molar-refractivity contribution in [2.45, 2.75) is 12.8 Å². The number of hydrogen-bond donors (Lipinski definition) is 0.